The molecule has 0 N–H and O–H groups in total. The van der Waals surface area contributed by atoms with Gasteiger partial charge in [-0.25, -0.2) is 0 Å². The predicted molar refractivity (Wildman–Crippen MR) is 153 cm³/mol. The zero-order valence-electron chi connectivity index (χ0n) is 22.8. The third-order valence-electron chi connectivity index (χ3n) is 7.78. The van der Waals surface area contributed by atoms with E-state index in [1.165, 1.54) is 6.07 Å². The molecule has 1 fully saturated rings. The summed E-state index contributed by atoms with van der Waals surface area (Å²) in [5, 5.41) is 9.30. The number of amides is 1. The number of carbonyl (C=O) groups is 1. The van der Waals surface area contributed by atoms with E-state index in [0.717, 1.165) is 17.7 Å². The molecule has 3 heterocycles. The van der Waals surface area contributed by atoms with Crippen molar-refractivity contribution in [3.63, 3.8) is 0 Å². The Balaban J connectivity index is 1.17. The normalized spacial score (nSPS) is 14.2. The highest BCUT2D eigenvalue weighted by molar-refractivity contribution is 5.80. The van der Waals surface area contributed by atoms with Gasteiger partial charge in [0.1, 0.15) is 5.82 Å². The quantitative estimate of drug-likeness (QED) is 0.284. The van der Waals surface area contributed by atoms with Gasteiger partial charge in [0.15, 0.2) is 0 Å². The molecule has 11 heteroatoms. The van der Waals surface area contributed by atoms with E-state index in [1.807, 2.05) is 57.8 Å². The second-order valence-corrected chi connectivity index (χ2v) is 10.4. The maximum atomic E-state index is 13.4. The molecule has 0 spiro atoms. The zero-order valence-corrected chi connectivity index (χ0v) is 22.8. The molecular weight excluding hydrogens is 545 g/mol. The summed E-state index contributed by atoms with van der Waals surface area (Å²) in [4.78, 5) is 30.2. The van der Waals surface area contributed by atoms with Gasteiger partial charge in [0.05, 0.1) is 16.5 Å². The maximum Gasteiger partial charge on any atom is 0.416 e. The first-order chi connectivity index (χ1) is 20.3. The summed E-state index contributed by atoms with van der Waals surface area (Å²) >= 11 is 0. The Morgan fingerprint density at radius 3 is 2.33 bits per heavy atom. The van der Waals surface area contributed by atoms with E-state index in [4.69, 9.17) is 0 Å². The number of nitrogens with zero attached hydrogens (tertiary/aromatic N) is 6. The number of hydrogen-bond acceptors (Lipinski definition) is 5. The van der Waals surface area contributed by atoms with Gasteiger partial charge in [0.2, 0.25) is 11.7 Å². The van der Waals surface area contributed by atoms with Crippen molar-refractivity contribution in [3.05, 3.63) is 106 Å². The van der Waals surface area contributed by atoms with Gasteiger partial charge in [-0.1, -0.05) is 48.5 Å². The Morgan fingerprint density at radius 2 is 1.57 bits per heavy atom. The standard InChI is InChI=1S/C31H29F3N6O2/c32-31(33,34)23-9-6-10-24(21-23)37-17-19-38(20-18-37)28(41)14-13-27-35-36-30-39(16-15-22-7-2-1-3-8-22)29(42)25-11-4-5-12-26(25)40(27)30/h1-12,21H,13-20H2. The fourth-order valence-electron chi connectivity index (χ4n) is 5.53. The number of halogens is 3. The fraction of sp³-hybridized carbons (Fsp3) is 0.290. The number of carbonyl (C=O) groups excluding carboxylic acids is 1. The minimum atomic E-state index is -4.40. The van der Waals surface area contributed by atoms with Gasteiger partial charge in [-0.2, -0.15) is 13.2 Å². The van der Waals surface area contributed by atoms with E-state index in [9.17, 15) is 22.8 Å². The van der Waals surface area contributed by atoms with Crippen molar-refractivity contribution < 1.29 is 18.0 Å². The van der Waals surface area contributed by atoms with Crippen molar-refractivity contribution in [2.75, 3.05) is 31.1 Å². The molecule has 8 nitrogen and oxygen atoms in total. The van der Waals surface area contributed by atoms with Crippen molar-refractivity contribution in [2.45, 2.75) is 32.0 Å². The number of para-hydroxylation sites is 1. The van der Waals surface area contributed by atoms with Crippen LogP contribution in [0.2, 0.25) is 0 Å². The number of alkyl halides is 3. The van der Waals surface area contributed by atoms with E-state index in [-0.39, 0.29) is 17.9 Å². The van der Waals surface area contributed by atoms with Gasteiger partial charge >= 0.3 is 6.18 Å². The van der Waals surface area contributed by atoms with Gasteiger partial charge in [-0.05, 0) is 42.3 Å². The van der Waals surface area contributed by atoms with Crippen molar-refractivity contribution >= 4 is 28.3 Å². The van der Waals surface area contributed by atoms with Crippen molar-refractivity contribution in [1.29, 1.82) is 0 Å². The lowest BCUT2D eigenvalue weighted by Crippen LogP contribution is -2.48. The molecular formula is C31H29F3N6O2. The van der Waals surface area contributed by atoms with Crippen LogP contribution in [0.15, 0.2) is 83.7 Å². The molecule has 2 aromatic heterocycles. The van der Waals surface area contributed by atoms with E-state index >= 15 is 0 Å². The minimum absolute atomic E-state index is 0.0582. The largest absolute Gasteiger partial charge is 0.416 e. The molecule has 0 saturated carbocycles. The number of benzene rings is 3. The van der Waals surface area contributed by atoms with Crippen LogP contribution in [0.5, 0.6) is 0 Å². The number of rotatable bonds is 7. The van der Waals surface area contributed by atoms with Gasteiger partial charge in [-0.3, -0.25) is 18.6 Å². The van der Waals surface area contributed by atoms with E-state index in [1.54, 1.807) is 21.6 Å². The van der Waals surface area contributed by atoms with Crippen LogP contribution in [0.1, 0.15) is 23.4 Å². The first kappa shape index (κ1) is 27.5. The number of fused-ring (bicyclic) bond motifs is 3. The Morgan fingerprint density at radius 1 is 0.833 bits per heavy atom. The zero-order chi connectivity index (χ0) is 29.3. The molecule has 3 aromatic carbocycles. The first-order valence-electron chi connectivity index (χ1n) is 13.9. The Hall–Kier alpha value is -4.67. The SMILES string of the molecule is O=C(CCc1nnc2n(CCc3ccccc3)c(=O)c3ccccc3n12)N1CCN(c2cccc(C(F)(F)F)c2)CC1. The number of aromatic nitrogens is 4. The third-order valence-corrected chi connectivity index (χ3v) is 7.78. The Bertz CT molecular complexity index is 1790. The lowest BCUT2D eigenvalue weighted by Gasteiger charge is -2.36. The highest BCUT2D eigenvalue weighted by atomic mass is 19.4. The number of piperazine rings is 1. The highest BCUT2D eigenvalue weighted by Gasteiger charge is 2.31. The minimum Gasteiger partial charge on any atom is -0.368 e. The fourth-order valence-corrected chi connectivity index (χ4v) is 5.53. The lowest BCUT2D eigenvalue weighted by atomic mass is 10.1. The van der Waals surface area contributed by atoms with Gasteiger partial charge in [0.25, 0.3) is 5.56 Å². The summed E-state index contributed by atoms with van der Waals surface area (Å²) < 4.78 is 42.9. The second kappa shape index (κ2) is 11.3. The second-order valence-electron chi connectivity index (χ2n) is 10.4. The molecule has 216 valence electrons. The molecule has 1 aliphatic rings. The molecule has 0 bridgehead atoms. The summed E-state index contributed by atoms with van der Waals surface area (Å²) in [5.74, 6) is 0.967. The molecule has 1 amide bonds. The van der Waals surface area contributed by atoms with Crippen molar-refractivity contribution in [3.8, 4) is 0 Å². The predicted octanol–water partition coefficient (Wildman–Crippen LogP) is 4.59. The summed E-state index contributed by atoms with van der Waals surface area (Å²) in [5.41, 5.74) is 1.47. The molecule has 0 aliphatic carbocycles. The molecule has 6 rings (SSSR count). The molecule has 0 unspecified atom stereocenters. The smallest absolute Gasteiger partial charge is 0.368 e. The average molecular weight is 575 g/mol. The Labute approximate surface area is 239 Å². The maximum absolute atomic E-state index is 13.4. The summed E-state index contributed by atoms with van der Waals surface area (Å²) in [6, 6.07) is 22.5. The first-order valence-corrected chi connectivity index (χ1v) is 13.9. The Kier molecular flexibility index (Phi) is 7.40. The van der Waals surface area contributed by atoms with Crippen LogP contribution in [-0.4, -0.2) is 56.2 Å². The topological polar surface area (TPSA) is 75.7 Å². The van der Waals surface area contributed by atoms with Crippen LogP contribution in [0.4, 0.5) is 18.9 Å². The van der Waals surface area contributed by atoms with Crippen LogP contribution in [0.25, 0.3) is 16.7 Å². The van der Waals surface area contributed by atoms with E-state index in [2.05, 4.69) is 10.2 Å². The van der Waals surface area contributed by atoms with Crippen LogP contribution in [0, 0.1) is 0 Å². The van der Waals surface area contributed by atoms with Gasteiger partial charge in [0, 0.05) is 51.3 Å². The van der Waals surface area contributed by atoms with Crippen LogP contribution in [0.3, 0.4) is 0 Å². The van der Waals surface area contributed by atoms with Gasteiger partial charge in [-0.15, -0.1) is 10.2 Å². The molecule has 1 aliphatic heterocycles. The lowest BCUT2D eigenvalue weighted by molar-refractivity contribution is -0.137. The van der Waals surface area contributed by atoms with Crippen molar-refractivity contribution in [1.82, 2.24) is 24.1 Å². The van der Waals surface area contributed by atoms with Crippen molar-refractivity contribution in [2.24, 2.45) is 0 Å². The highest BCUT2D eigenvalue weighted by Crippen LogP contribution is 2.32. The number of anilines is 1. The van der Waals surface area contributed by atoms with E-state index in [0.29, 0.717) is 73.8 Å². The summed E-state index contributed by atoms with van der Waals surface area (Å²) in [6.07, 6.45) is -3.22. The third kappa shape index (κ3) is 5.46. The molecule has 1 saturated heterocycles. The summed E-state index contributed by atoms with van der Waals surface area (Å²) in [7, 11) is 0. The van der Waals surface area contributed by atoms with E-state index < -0.39 is 11.7 Å². The average Bonchev–Trinajstić information content (AvgIpc) is 3.44. The number of hydrogen-bond donors (Lipinski definition) is 0. The van der Waals surface area contributed by atoms with Crippen LogP contribution in [-0.2, 0) is 30.4 Å². The summed E-state index contributed by atoms with van der Waals surface area (Å²) in [6.45, 7) is 2.15. The van der Waals surface area contributed by atoms with Gasteiger partial charge < -0.3 is 9.80 Å². The molecule has 42 heavy (non-hydrogen) atoms. The molecule has 5 aromatic rings. The number of aryl methyl sites for hydroxylation is 3. The molecule has 0 atom stereocenters. The van der Waals surface area contributed by atoms with Crippen LogP contribution < -0.4 is 10.5 Å². The molecule has 0 radical (unpaired) electrons. The van der Waals surface area contributed by atoms with Crippen LogP contribution >= 0.6 is 0 Å². The monoisotopic (exact) mass is 574 g/mol.